The third kappa shape index (κ3) is 3.75. The van der Waals surface area contributed by atoms with Crippen molar-refractivity contribution in [3.05, 3.63) is 69.8 Å². The maximum absolute atomic E-state index is 12.8. The van der Waals surface area contributed by atoms with Crippen molar-refractivity contribution in [1.82, 2.24) is 4.31 Å². The van der Waals surface area contributed by atoms with Gasteiger partial charge in [0.2, 0.25) is 10.0 Å². The summed E-state index contributed by atoms with van der Waals surface area (Å²) in [5.41, 5.74) is 1.46. The zero-order valence-corrected chi connectivity index (χ0v) is 13.8. The third-order valence-corrected chi connectivity index (χ3v) is 5.44. The molecular weight excluding hydrogens is 316 g/mol. The summed E-state index contributed by atoms with van der Waals surface area (Å²) in [7, 11) is -3.95. The number of rotatable bonds is 6. The molecule has 0 unspecified atom stereocenters. The Kier molecular flexibility index (Phi) is 5.12. The number of sulfonamides is 1. The topological polar surface area (TPSA) is 80.5 Å². The monoisotopic (exact) mass is 334 g/mol. The highest BCUT2D eigenvalue weighted by atomic mass is 32.2. The maximum Gasteiger partial charge on any atom is 0.289 e. The van der Waals surface area contributed by atoms with Gasteiger partial charge in [-0.25, -0.2) is 8.42 Å². The van der Waals surface area contributed by atoms with Gasteiger partial charge in [0, 0.05) is 19.2 Å². The summed E-state index contributed by atoms with van der Waals surface area (Å²) in [6.45, 7) is 4.04. The van der Waals surface area contributed by atoms with E-state index >= 15 is 0 Å². The lowest BCUT2D eigenvalue weighted by molar-refractivity contribution is -0.387. The Morgan fingerprint density at radius 1 is 1.13 bits per heavy atom. The van der Waals surface area contributed by atoms with Gasteiger partial charge < -0.3 is 0 Å². The fourth-order valence-electron chi connectivity index (χ4n) is 2.35. The van der Waals surface area contributed by atoms with Crippen LogP contribution in [0.25, 0.3) is 0 Å². The minimum atomic E-state index is -3.95. The Labute approximate surface area is 135 Å². The van der Waals surface area contributed by atoms with Crippen LogP contribution in [-0.4, -0.2) is 24.2 Å². The molecule has 0 amide bonds. The van der Waals surface area contributed by atoms with Crippen LogP contribution < -0.4 is 0 Å². The Hall–Kier alpha value is -2.25. The van der Waals surface area contributed by atoms with Crippen molar-refractivity contribution in [2.24, 2.45) is 0 Å². The number of nitro groups is 1. The number of hydrogen-bond donors (Lipinski definition) is 0. The van der Waals surface area contributed by atoms with Crippen molar-refractivity contribution in [2.45, 2.75) is 25.3 Å². The zero-order chi connectivity index (χ0) is 17.0. The molecule has 7 heteroatoms. The first kappa shape index (κ1) is 17.1. The van der Waals surface area contributed by atoms with Gasteiger partial charge in [-0.1, -0.05) is 48.9 Å². The highest BCUT2D eigenvalue weighted by Gasteiger charge is 2.30. The summed E-state index contributed by atoms with van der Waals surface area (Å²) in [5.74, 6) is 0. The summed E-state index contributed by atoms with van der Waals surface area (Å²) >= 11 is 0. The van der Waals surface area contributed by atoms with Crippen molar-refractivity contribution in [1.29, 1.82) is 0 Å². The molecule has 0 heterocycles. The molecule has 2 rings (SSSR count). The Morgan fingerprint density at radius 2 is 1.83 bits per heavy atom. The molecule has 0 saturated carbocycles. The van der Waals surface area contributed by atoms with Crippen molar-refractivity contribution < 1.29 is 13.3 Å². The number of aryl methyl sites for hydroxylation is 1. The molecule has 0 saturated heterocycles. The predicted octanol–water partition coefficient (Wildman–Crippen LogP) is 3.11. The molecular formula is C16H18N2O4S. The second-order valence-corrected chi connectivity index (χ2v) is 7.05. The molecule has 2 aromatic carbocycles. The molecule has 0 aromatic heterocycles. The van der Waals surface area contributed by atoms with E-state index in [2.05, 4.69) is 0 Å². The number of para-hydroxylation sites is 1. The van der Waals surface area contributed by atoms with E-state index in [1.165, 1.54) is 28.6 Å². The number of nitro benzene ring substituents is 1. The second-order valence-electron chi connectivity index (χ2n) is 5.15. The molecule has 2 aromatic rings. The van der Waals surface area contributed by atoms with E-state index in [0.717, 1.165) is 11.1 Å². The fourth-order valence-corrected chi connectivity index (χ4v) is 3.94. The molecule has 6 nitrogen and oxygen atoms in total. The molecule has 23 heavy (non-hydrogen) atoms. The quantitative estimate of drug-likeness (QED) is 0.600. The second kappa shape index (κ2) is 6.89. The van der Waals surface area contributed by atoms with E-state index in [4.69, 9.17) is 0 Å². The van der Waals surface area contributed by atoms with Crippen LogP contribution in [0, 0.1) is 17.0 Å². The van der Waals surface area contributed by atoms with Crippen LogP contribution in [0.5, 0.6) is 0 Å². The Bertz CT molecular complexity index is 818. The van der Waals surface area contributed by atoms with E-state index in [-0.39, 0.29) is 18.0 Å². The van der Waals surface area contributed by atoms with E-state index in [0.29, 0.717) is 0 Å². The van der Waals surface area contributed by atoms with E-state index < -0.39 is 20.6 Å². The first-order valence-corrected chi connectivity index (χ1v) is 8.59. The van der Waals surface area contributed by atoms with Crippen LogP contribution in [0.1, 0.15) is 18.1 Å². The minimum absolute atomic E-state index is 0.173. The molecule has 0 aliphatic carbocycles. The highest BCUT2D eigenvalue weighted by Crippen LogP contribution is 2.27. The summed E-state index contributed by atoms with van der Waals surface area (Å²) in [5, 5.41) is 11.1. The molecule has 0 atom stereocenters. The Balaban J connectivity index is 2.42. The van der Waals surface area contributed by atoms with Crippen molar-refractivity contribution in [3.8, 4) is 0 Å². The normalized spacial score (nSPS) is 11.6. The van der Waals surface area contributed by atoms with Crippen LogP contribution in [0.2, 0.25) is 0 Å². The standard InChI is InChI=1S/C16H18N2O4S/c1-3-17(12-14-8-6-7-13(2)11-14)23(21,22)16-10-5-4-9-15(16)18(19)20/h4-11H,3,12H2,1-2H3. The average molecular weight is 334 g/mol. The van der Waals surface area contributed by atoms with E-state index in [1.54, 1.807) is 6.92 Å². The summed E-state index contributed by atoms with van der Waals surface area (Å²) in [6.07, 6.45) is 0. The molecule has 0 N–H and O–H groups in total. The van der Waals surface area contributed by atoms with Gasteiger partial charge >= 0.3 is 0 Å². The van der Waals surface area contributed by atoms with Crippen LogP contribution in [0.4, 0.5) is 5.69 Å². The van der Waals surface area contributed by atoms with Crippen LogP contribution in [-0.2, 0) is 16.6 Å². The number of hydrogen-bond acceptors (Lipinski definition) is 4. The first-order chi connectivity index (χ1) is 10.9. The van der Waals surface area contributed by atoms with Gasteiger partial charge in [0.05, 0.1) is 4.92 Å². The minimum Gasteiger partial charge on any atom is -0.258 e. The SMILES string of the molecule is CCN(Cc1cccc(C)c1)S(=O)(=O)c1ccccc1[N+](=O)[O-]. The lowest BCUT2D eigenvalue weighted by Crippen LogP contribution is -2.31. The average Bonchev–Trinajstić information content (AvgIpc) is 2.52. The lowest BCUT2D eigenvalue weighted by Gasteiger charge is -2.20. The van der Waals surface area contributed by atoms with Gasteiger partial charge in [0.1, 0.15) is 0 Å². The van der Waals surface area contributed by atoms with E-state index in [9.17, 15) is 18.5 Å². The molecule has 0 aliphatic heterocycles. The zero-order valence-electron chi connectivity index (χ0n) is 13.0. The van der Waals surface area contributed by atoms with Gasteiger partial charge in [-0.15, -0.1) is 0 Å². The van der Waals surface area contributed by atoms with Gasteiger partial charge in [0.25, 0.3) is 5.69 Å². The predicted molar refractivity (Wildman–Crippen MR) is 87.5 cm³/mol. The molecule has 0 aliphatic rings. The van der Waals surface area contributed by atoms with Gasteiger partial charge in [-0.3, -0.25) is 10.1 Å². The summed E-state index contributed by atoms with van der Waals surface area (Å²) in [6, 6.07) is 12.9. The van der Waals surface area contributed by atoms with Crippen molar-refractivity contribution in [3.63, 3.8) is 0 Å². The molecule has 0 fully saturated rings. The van der Waals surface area contributed by atoms with Crippen molar-refractivity contribution in [2.75, 3.05) is 6.54 Å². The first-order valence-electron chi connectivity index (χ1n) is 7.15. The maximum atomic E-state index is 12.8. The molecule has 0 bridgehead atoms. The van der Waals surface area contributed by atoms with E-state index in [1.807, 2.05) is 31.2 Å². The van der Waals surface area contributed by atoms with Gasteiger partial charge in [0.15, 0.2) is 4.90 Å². The number of benzene rings is 2. The Morgan fingerprint density at radius 3 is 2.43 bits per heavy atom. The highest BCUT2D eigenvalue weighted by molar-refractivity contribution is 7.89. The van der Waals surface area contributed by atoms with Gasteiger partial charge in [-0.2, -0.15) is 4.31 Å². The van der Waals surface area contributed by atoms with Crippen molar-refractivity contribution >= 4 is 15.7 Å². The summed E-state index contributed by atoms with van der Waals surface area (Å²) in [4.78, 5) is 10.2. The van der Waals surface area contributed by atoms with Crippen LogP contribution in [0.15, 0.2) is 53.4 Å². The lowest BCUT2D eigenvalue weighted by atomic mass is 10.1. The van der Waals surface area contributed by atoms with Gasteiger partial charge in [-0.05, 0) is 18.6 Å². The summed E-state index contributed by atoms with van der Waals surface area (Å²) < 4.78 is 26.8. The molecule has 0 radical (unpaired) electrons. The number of nitrogens with zero attached hydrogens (tertiary/aromatic N) is 2. The largest absolute Gasteiger partial charge is 0.289 e. The molecule has 122 valence electrons. The van der Waals surface area contributed by atoms with Crippen LogP contribution >= 0.6 is 0 Å². The smallest absolute Gasteiger partial charge is 0.258 e. The van der Waals surface area contributed by atoms with Crippen LogP contribution in [0.3, 0.4) is 0 Å². The fraction of sp³-hybridized carbons (Fsp3) is 0.250. The molecule has 0 spiro atoms. The third-order valence-electron chi connectivity index (χ3n) is 3.47.